The van der Waals surface area contributed by atoms with E-state index in [1.54, 1.807) is 12.1 Å². The van der Waals surface area contributed by atoms with E-state index in [4.69, 9.17) is 4.74 Å². The lowest BCUT2D eigenvalue weighted by Crippen LogP contribution is -2.16. The van der Waals surface area contributed by atoms with Gasteiger partial charge in [0.2, 0.25) is 0 Å². The van der Waals surface area contributed by atoms with E-state index in [0.717, 1.165) is 30.6 Å². The Morgan fingerprint density at radius 3 is 2.76 bits per heavy atom. The minimum atomic E-state index is -0.605. The second kappa shape index (κ2) is 5.56. The molecule has 1 N–H and O–H groups in total. The van der Waals surface area contributed by atoms with E-state index in [1.165, 1.54) is 19.2 Å². The molecular formula is C17H16FNO2. The van der Waals surface area contributed by atoms with E-state index < -0.39 is 5.82 Å². The first kappa shape index (κ1) is 13.6. The van der Waals surface area contributed by atoms with Gasteiger partial charge in [-0.2, -0.15) is 0 Å². The molecule has 0 aromatic heterocycles. The number of carbonyl (C=O) groups is 1. The normalized spacial score (nSPS) is 13.2. The van der Waals surface area contributed by atoms with Crippen LogP contribution in [0.4, 0.5) is 10.1 Å². The summed E-state index contributed by atoms with van der Waals surface area (Å²) in [5.74, 6) is -0.818. The fraction of sp³-hybridized carbons (Fsp3) is 0.235. The molecule has 3 rings (SSSR count). The molecule has 0 unspecified atom stereocenters. The first-order valence-electron chi connectivity index (χ1n) is 6.95. The largest absolute Gasteiger partial charge is 0.494 e. The van der Waals surface area contributed by atoms with Crippen LogP contribution in [0.2, 0.25) is 0 Å². The highest BCUT2D eigenvalue weighted by Gasteiger charge is 2.22. The van der Waals surface area contributed by atoms with Crippen molar-refractivity contribution < 1.29 is 13.9 Å². The van der Waals surface area contributed by atoms with Gasteiger partial charge in [0.05, 0.1) is 12.7 Å². The van der Waals surface area contributed by atoms with Crippen LogP contribution in [-0.2, 0) is 6.42 Å². The minimum absolute atomic E-state index is 0.0494. The maximum Gasteiger partial charge on any atom is 0.196 e. The van der Waals surface area contributed by atoms with Gasteiger partial charge in [-0.15, -0.1) is 0 Å². The number of rotatable bonds is 3. The fourth-order valence-corrected chi connectivity index (χ4v) is 2.71. The number of fused-ring (bicyclic) bond motifs is 1. The van der Waals surface area contributed by atoms with Gasteiger partial charge in [0.1, 0.15) is 0 Å². The SMILES string of the molecule is COc1cccc(C(=O)c2cccc3c2CCCN3)c1F. The molecule has 0 saturated carbocycles. The van der Waals surface area contributed by atoms with Gasteiger partial charge in [-0.05, 0) is 36.6 Å². The summed E-state index contributed by atoms with van der Waals surface area (Å²) in [6, 6.07) is 10.2. The number of anilines is 1. The third-order valence-electron chi connectivity index (χ3n) is 3.77. The summed E-state index contributed by atoms with van der Waals surface area (Å²) < 4.78 is 19.2. The number of hydrogen-bond donors (Lipinski definition) is 1. The zero-order chi connectivity index (χ0) is 14.8. The predicted octanol–water partition coefficient (Wildman–Crippen LogP) is 3.42. The van der Waals surface area contributed by atoms with Crippen LogP contribution in [-0.4, -0.2) is 19.4 Å². The number of benzene rings is 2. The van der Waals surface area contributed by atoms with Crippen LogP contribution in [0, 0.1) is 5.82 Å². The average molecular weight is 285 g/mol. The predicted molar refractivity (Wildman–Crippen MR) is 79.6 cm³/mol. The molecule has 1 heterocycles. The number of nitrogens with one attached hydrogen (secondary N) is 1. The van der Waals surface area contributed by atoms with Gasteiger partial charge >= 0.3 is 0 Å². The topological polar surface area (TPSA) is 38.3 Å². The zero-order valence-electron chi connectivity index (χ0n) is 11.8. The Morgan fingerprint density at radius 1 is 1.19 bits per heavy atom. The molecular weight excluding hydrogens is 269 g/mol. The van der Waals surface area contributed by atoms with Crippen molar-refractivity contribution >= 4 is 11.5 Å². The van der Waals surface area contributed by atoms with Crippen LogP contribution in [0.3, 0.4) is 0 Å². The van der Waals surface area contributed by atoms with Gasteiger partial charge in [-0.1, -0.05) is 18.2 Å². The van der Waals surface area contributed by atoms with Crippen molar-refractivity contribution in [2.45, 2.75) is 12.8 Å². The third kappa shape index (κ3) is 2.37. The second-order valence-corrected chi connectivity index (χ2v) is 5.01. The van der Waals surface area contributed by atoms with Crippen molar-refractivity contribution in [3.63, 3.8) is 0 Å². The summed E-state index contributed by atoms with van der Waals surface area (Å²) in [4.78, 5) is 12.7. The van der Waals surface area contributed by atoms with Crippen LogP contribution in [0.15, 0.2) is 36.4 Å². The zero-order valence-corrected chi connectivity index (χ0v) is 11.8. The molecule has 21 heavy (non-hydrogen) atoms. The van der Waals surface area contributed by atoms with Gasteiger partial charge < -0.3 is 10.1 Å². The molecule has 0 bridgehead atoms. The van der Waals surface area contributed by atoms with Crippen molar-refractivity contribution in [1.29, 1.82) is 0 Å². The monoisotopic (exact) mass is 285 g/mol. The van der Waals surface area contributed by atoms with E-state index in [1.807, 2.05) is 12.1 Å². The van der Waals surface area contributed by atoms with E-state index >= 15 is 0 Å². The number of carbonyl (C=O) groups excluding carboxylic acids is 1. The van der Waals surface area contributed by atoms with Crippen LogP contribution >= 0.6 is 0 Å². The van der Waals surface area contributed by atoms with E-state index in [2.05, 4.69) is 5.32 Å². The Bertz CT molecular complexity index is 697. The second-order valence-electron chi connectivity index (χ2n) is 5.01. The van der Waals surface area contributed by atoms with Crippen molar-refractivity contribution in [3.05, 3.63) is 58.9 Å². The van der Waals surface area contributed by atoms with Crippen molar-refractivity contribution in [1.82, 2.24) is 0 Å². The van der Waals surface area contributed by atoms with Gasteiger partial charge in [-0.3, -0.25) is 4.79 Å². The van der Waals surface area contributed by atoms with Crippen LogP contribution in [0.25, 0.3) is 0 Å². The molecule has 0 atom stereocenters. The molecule has 3 nitrogen and oxygen atoms in total. The number of hydrogen-bond acceptors (Lipinski definition) is 3. The maximum absolute atomic E-state index is 14.3. The molecule has 0 amide bonds. The quantitative estimate of drug-likeness (QED) is 0.878. The number of methoxy groups -OCH3 is 1. The van der Waals surface area contributed by atoms with Gasteiger partial charge in [0.25, 0.3) is 0 Å². The Morgan fingerprint density at radius 2 is 1.95 bits per heavy atom. The van der Waals surface area contributed by atoms with Crippen LogP contribution in [0.5, 0.6) is 5.75 Å². The molecule has 0 spiro atoms. The van der Waals surface area contributed by atoms with Gasteiger partial charge in [0.15, 0.2) is 17.3 Å². The molecule has 0 radical (unpaired) electrons. The molecule has 0 fully saturated rings. The average Bonchev–Trinajstić information content (AvgIpc) is 2.54. The van der Waals surface area contributed by atoms with Gasteiger partial charge in [-0.25, -0.2) is 4.39 Å². The molecule has 0 aliphatic carbocycles. The standard InChI is InChI=1S/C17H16FNO2/c1-21-15-9-3-6-13(16(15)18)17(20)12-5-2-8-14-11(12)7-4-10-19-14/h2-3,5-6,8-9,19H,4,7,10H2,1H3. The van der Waals surface area contributed by atoms with E-state index in [0.29, 0.717) is 5.56 Å². The molecule has 2 aromatic rings. The van der Waals surface area contributed by atoms with Crippen molar-refractivity contribution in [3.8, 4) is 5.75 Å². The first-order chi connectivity index (χ1) is 10.2. The summed E-state index contributed by atoms with van der Waals surface area (Å²) in [6.07, 6.45) is 1.80. The number of halogens is 1. The Kier molecular flexibility index (Phi) is 3.60. The molecule has 4 heteroatoms. The lowest BCUT2D eigenvalue weighted by molar-refractivity contribution is 0.103. The highest BCUT2D eigenvalue weighted by molar-refractivity contribution is 6.11. The number of ketones is 1. The minimum Gasteiger partial charge on any atom is -0.494 e. The highest BCUT2D eigenvalue weighted by Crippen LogP contribution is 2.29. The molecule has 1 aliphatic heterocycles. The summed E-state index contributed by atoms with van der Waals surface area (Å²) in [7, 11) is 1.39. The van der Waals surface area contributed by atoms with E-state index in [-0.39, 0.29) is 17.1 Å². The van der Waals surface area contributed by atoms with Crippen LogP contribution < -0.4 is 10.1 Å². The maximum atomic E-state index is 14.3. The lowest BCUT2D eigenvalue weighted by atomic mass is 9.92. The van der Waals surface area contributed by atoms with Crippen molar-refractivity contribution in [2.75, 3.05) is 19.0 Å². The molecule has 2 aromatic carbocycles. The lowest BCUT2D eigenvalue weighted by Gasteiger charge is -2.20. The highest BCUT2D eigenvalue weighted by atomic mass is 19.1. The van der Waals surface area contributed by atoms with Gasteiger partial charge in [0, 0.05) is 17.8 Å². The summed E-state index contributed by atoms with van der Waals surface area (Å²) in [6.45, 7) is 0.901. The fourth-order valence-electron chi connectivity index (χ4n) is 2.71. The Balaban J connectivity index is 2.07. The summed E-state index contributed by atoms with van der Waals surface area (Å²) in [5.41, 5.74) is 2.55. The summed E-state index contributed by atoms with van der Waals surface area (Å²) >= 11 is 0. The molecule has 108 valence electrons. The first-order valence-corrected chi connectivity index (χ1v) is 6.95. The molecule has 0 saturated heterocycles. The Hall–Kier alpha value is -2.36. The third-order valence-corrected chi connectivity index (χ3v) is 3.77. The van der Waals surface area contributed by atoms with E-state index in [9.17, 15) is 9.18 Å². The Labute approximate surface area is 122 Å². The summed E-state index contributed by atoms with van der Waals surface area (Å²) in [5, 5.41) is 3.28. The molecule has 1 aliphatic rings. The van der Waals surface area contributed by atoms with Crippen molar-refractivity contribution in [2.24, 2.45) is 0 Å². The van der Waals surface area contributed by atoms with Crippen LogP contribution in [0.1, 0.15) is 27.9 Å². The number of ether oxygens (including phenoxy) is 1. The smallest absolute Gasteiger partial charge is 0.196 e.